The number of amides is 1. The van der Waals surface area contributed by atoms with Crippen LogP contribution in [0.15, 0.2) is 22.5 Å². The number of carbonyl (C=O) groups is 1. The number of hydrogen-bond acceptors (Lipinski definition) is 6. The van der Waals surface area contributed by atoms with Crippen molar-refractivity contribution in [1.29, 1.82) is 0 Å². The fourth-order valence-electron chi connectivity index (χ4n) is 2.06. The minimum Gasteiger partial charge on any atom is -0.360 e. The molecular weight excluding hydrogens is 340 g/mol. The summed E-state index contributed by atoms with van der Waals surface area (Å²) in [6, 6.07) is 5.99. The third-order valence-corrected chi connectivity index (χ3v) is 5.51. The molecule has 0 saturated heterocycles. The molecule has 0 bridgehead atoms. The van der Waals surface area contributed by atoms with Crippen molar-refractivity contribution in [2.75, 3.05) is 17.2 Å². The quantitative estimate of drug-likeness (QED) is 0.715. The molecule has 7 heteroatoms. The Kier molecular flexibility index (Phi) is 6.62. The molecule has 0 saturated carbocycles. The van der Waals surface area contributed by atoms with Crippen molar-refractivity contribution in [1.82, 2.24) is 10.2 Å². The smallest absolute Gasteiger partial charge is 0.237 e. The zero-order valence-corrected chi connectivity index (χ0v) is 16.3. The zero-order valence-electron chi connectivity index (χ0n) is 14.7. The average molecular weight is 365 g/mol. The molecule has 0 spiro atoms. The molecule has 2 aromatic rings. The molecule has 0 aliphatic heterocycles. The van der Waals surface area contributed by atoms with Gasteiger partial charge in [-0.3, -0.25) is 4.79 Å². The van der Waals surface area contributed by atoms with Gasteiger partial charge < -0.3 is 10.6 Å². The number of carbonyl (C=O) groups excluding carboxylic acids is 1. The predicted molar refractivity (Wildman–Crippen MR) is 103 cm³/mol. The second-order valence-electron chi connectivity index (χ2n) is 6.16. The molecule has 1 atom stereocenters. The first kappa shape index (κ1) is 18.7. The predicted octanol–water partition coefficient (Wildman–Crippen LogP) is 4.34. The van der Waals surface area contributed by atoms with E-state index in [1.165, 1.54) is 23.1 Å². The molecule has 130 valence electrons. The van der Waals surface area contributed by atoms with Crippen molar-refractivity contribution < 1.29 is 4.79 Å². The summed E-state index contributed by atoms with van der Waals surface area (Å²) in [6.45, 7) is 11.0. The summed E-state index contributed by atoms with van der Waals surface area (Å²) in [5.74, 6) is 0.524. The van der Waals surface area contributed by atoms with Crippen LogP contribution in [-0.2, 0) is 4.79 Å². The van der Waals surface area contributed by atoms with E-state index in [0.717, 1.165) is 32.8 Å². The number of nitrogens with zero attached hydrogens (tertiary/aromatic N) is 2. The van der Waals surface area contributed by atoms with Crippen molar-refractivity contribution in [2.45, 2.75) is 44.2 Å². The van der Waals surface area contributed by atoms with Gasteiger partial charge in [-0.15, -0.1) is 10.2 Å². The third-order valence-electron chi connectivity index (χ3n) is 3.44. The van der Waals surface area contributed by atoms with Gasteiger partial charge in [-0.1, -0.05) is 55.1 Å². The molecular formula is C17H24N4OS2. The Morgan fingerprint density at radius 2 is 1.88 bits per heavy atom. The Labute approximate surface area is 151 Å². The molecule has 1 amide bonds. The van der Waals surface area contributed by atoms with Crippen molar-refractivity contribution in [2.24, 2.45) is 5.92 Å². The summed E-state index contributed by atoms with van der Waals surface area (Å²) >= 11 is 2.91. The standard InChI is InChI=1S/C17H24N4OS2/c1-10(2)9-18-16-20-21-17(24-16)23-13(5)15(22)19-14-11(3)7-6-8-12(14)4/h6-8,10,13H,9H2,1-5H3,(H,18,20)(H,19,22). The lowest BCUT2D eigenvalue weighted by atomic mass is 10.1. The van der Waals surface area contributed by atoms with Crippen LogP contribution < -0.4 is 10.6 Å². The highest BCUT2D eigenvalue weighted by Crippen LogP contribution is 2.30. The van der Waals surface area contributed by atoms with Gasteiger partial charge in [-0.05, 0) is 37.8 Å². The number of anilines is 2. The first-order valence-electron chi connectivity index (χ1n) is 7.98. The number of benzene rings is 1. The lowest BCUT2D eigenvalue weighted by Crippen LogP contribution is -2.23. The van der Waals surface area contributed by atoms with Crippen molar-refractivity contribution >= 4 is 39.8 Å². The highest BCUT2D eigenvalue weighted by Gasteiger charge is 2.18. The van der Waals surface area contributed by atoms with E-state index in [1.54, 1.807) is 0 Å². The van der Waals surface area contributed by atoms with Gasteiger partial charge in [-0.25, -0.2) is 0 Å². The van der Waals surface area contributed by atoms with E-state index in [0.29, 0.717) is 5.92 Å². The van der Waals surface area contributed by atoms with Gasteiger partial charge in [0.25, 0.3) is 0 Å². The Balaban J connectivity index is 1.94. The Hall–Kier alpha value is -1.60. The summed E-state index contributed by atoms with van der Waals surface area (Å²) in [4.78, 5) is 12.5. The Morgan fingerprint density at radius 1 is 1.21 bits per heavy atom. The molecule has 1 aromatic carbocycles. The maximum absolute atomic E-state index is 12.5. The van der Waals surface area contributed by atoms with Crippen LogP contribution in [0.25, 0.3) is 0 Å². The second kappa shape index (κ2) is 8.48. The molecule has 24 heavy (non-hydrogen) atoms. The summed E-state index contributed by atoms with van der Waals surface area (Å²) in [5.41, 5.74) is 3.03. The number of nitrogens with one attached hydrogen (secondary N) is 2. The molecule has 2 N–H and O–H groups in total. The molecule has 0 radical (unpaired) electrons. The van der Waals surface area contributed by atoms with E-state index in [9.17, 15) is 4.79 Å². The number of rotatable bonds is 7. The van der Waals surface area contributed by atoms with Crippen LogP contribution in [0.3, 0.4) is 0 Å². The van der Waals surface area contributed by atoms with E-state index in [1.807, 2.05) is 39.0 Å². The van der Waals surface area contributed by atoms with Crippen LogP contribution in [0.4, 0.5) is 10.8 Å². The maximum atomic E-state index is 12.5. The van der Waals surface area contributed by atoms with E-state index >= 15 is 0 Å². The lowest BCUT2D eigenvalue weighted by molar-refractivity contribution is -0.115. The van der Waals surface area contributed by atoms with Crippen LogP contribution in [0.5, 0.6) is 0 Å². The van der Waals surface area contributed by atoms with Gasteiger partial charge in [0.1, 0.15) is 0 Å². The first-order chi connectivity index (χ1) is 11.4. The van der Waals surface area contributed by atoms with Crippen LogP contribution in [-0.4, -0.2) is 27.9 Å². The number of aromatic nitrogens is 2. The molecule has 2 rings (SSSR count). The monoisotopic (exact) mass is 364 g/mol. The maximum Gasteiger partial charge on any atom is 0.237 e. The zero-order chi connectivity index (χ0) is 17.7. The molecule has 1 unspecified atom stereocenters. The van der Waals surface area contributed by atoms with Gasteiger partial charge in [0.2, 0.25) is 11.0 Å². The second-order valence-corrected chi connectivity index (χ2v) is 8.73. The highest BCUT2D eigenvalue weighted by atomic mass is 32.2. The third kappa shape index (κ3) is 5.21. The number of para-hydroxylation sites is 1. The fourth-order valence-corrected chi connectivity index (χ4v) is 3.96. The van der Waals surface area contributed by atoms with Crippen LogP contribution in [0.2, 0.25) is 0 Å². The van der Waals surface area contributed by atoms with Crippen LogP contribution in [0, 0.1) is 19.8 Å². The van der Waals surface area contributed by atoms with Gasteiger partial charge in [0.15, 0.2) is 4.34 Å². The van der Waals surface area contributed by atoms with Gasteiger partial charge >= 0.3 is 0 Å². The average Bonchev–Trinajstić information content (AvgIpc) is 2.96. The summed E-state index contributed by atoms with van der Waals surface area (Å²) in [5, 5.41) is 15.1. The molecule has 0 aliphatic carbocycles. The highest BCUT2D eigenvalue weighted by molar-refractivity contribution is 8.02. The van der Waals surface area contributed by atoms with Gasteiger partial charge in [0, 0.05) is 12.2 Å². The Bertz CT molecular complexity index is 679. The lowest BCUT2D eigenvalue weighted by Gasteiger charge is -2.14. The topological polar surface area (TPSA) is 66.9 Å². The molecule has 1 heterocycles. The van der Waals surface area contributed by atoms with Crippen LogP contribution in [0.1, 0.15) is 31.9 Å². The summed E-state index contributed by atoms with van der Waals surface area (Å²) in [7, 11) is 0. The normalized spacial score (nSPS) is 12.2. The number of thioether (sulfide) groups is 1. The van der Waals surface area contributed by atoms with E-state index < -0.39 is 0 Å². The number of aryl methyl sites for hydroxylation is 2. The minimum atomic E-state index is -0.241. The van der Waals surface area contributed by atoms with Gasteiger partial charge in [0.05, 0.1) is 5.25 Å². The summed E-state index contributed by atoms with van der Waals surface area (Å²) in [6.07, 6.45) is 0. The SMILES string of the molecule is Cc1cccc(C)c1NC(=O)C(C)Sc1nnc(NCC(C)C)s1. The molecule has 0 aliphatic rings. The molecule has 0 fully saturated rings. The van der Waals surface area contributed by atoms with Gasteiger partial charge in [-0.2, -0.15) is 0 Å². The molecule has 1 aromatic heterocycles. The molecule has 5 nitrogen and oxygen atoms in total. The van der Waals surface area contributed by atoms with Crippen LogP contribution >= 0.6 is 23.1 Å². The first-order valence-corrected chi connectivity index (χ1v) is 9.67. The van der Waals surface area contributed by atoms with Crippen molar-refractivity contribution in [3.63, 3.8) is 0 Å². The van der Waals surface area contributed by atoms with Crippen molar-refractivity contribution in [3.05, 3.63) is 29.3 Å². The van der Waals surface area contributed by atoms with E-state index in [4.69, 9.17) is 0 Å². The largest absolute Gasteiger partial charge is 0.360 e. The fraction of sp³-hybridized carbons (Fsp3) is 0.471. The summed E-state index contributed by atoms with van der Waals surface area (Å²) < 4.78 is 0.797. The van der Waals surface area contributed by atoms with E-state index in [-0.39, 0.29) is 11.2 Å². The van der Waals surface area contributed by atoms with E-state index in [2.05, 4.69) is 34.7 Å². The number of hydrogen-bond donors (Lipinski definition) is 2. The Morgan fingerprint density at radius 3 is 2.50 bits per heavy atom. The minimum absolute atomic E-state index is 0.0238. The van der Waals surface area contributed by atoms with Crippen molar-refractivity contribution in [3.8, 4) is 0 Å².